The molecule has 0 radical (unpaired) electrons. The van der Waals surface area contributed by atoms with E-state index in [2.05, 4.69) is 43.5 Å². The maximum Gasteiger partial charge on any atom is 0.0931 e. The normalized spacial score (nSPS) is 29.2. The van der Waals surface area contributed by atoms with Crippen LogP contribution >= 0.6 is 34.7 Å². The van der Waals surface area contributed by atoms with Gasteiger partial charge in [-0.15, -0.1) is 11.3 Å². The molecule has 2 nitrogen and oxygen atoms in total. The summed E-state index contributed by atoms with van der Waals surface area (Å²) < 4.78 is 0.850. The van der Waals surface area contributed by atoms with Gasteiger partial charge < -0.3 is 5.73 Å². The predicted molar refractivity (Wildman–Crippen MR) is 83.8 cm³/mol. The molecule has 1 fully saturated rings. The van der Waals surface area contributed by atoms with Crippen molar-refractivity contribution in [2.24, 2.45) is 5.73 Å². The molecule has 5 heteroatoms. The quantitative estimate of drug-likeness (QED) is 0.925. The average molecular weight is 305 g/mol. The molecule has 4 unspecified atom stereocenters. The largest absolute Gasteiger partial charge is 0.326 e. The van der Waals surface area contributed by atoms with E-state index in [1.807, 2.05) is 6.07 Å². The first-order chi connectivity index (χ1) is 8.50. The lowest BCUT2D eigenvalue weighted by molar-refractivity contribution is 0.132. The van der Waals surface area contributed by atoms with Crippen molar-refractivity contribution in [3.05, 3.63) is 21.3 Å². The van der Waals surface area contributed by atoms with Gasteiger partial charge in [0.1, 0.15) is 0 Å². The Kier molecular flexibility index (Phi) is 5.00. The molecule has 2 N–H and O–H groups in total. The van der Waals surface area contributed by atoms with Gasteiger partial charge in [0.15, 0.2) is 0 Å². The SMILES string of the molecule is CC(N)C(c1ccc(Cl)s1)N1CCSC(C)C1C. The zero-order valence-corrected chi connectivity index (χ0v) is 13.5. The van der Waals surface area contributed by atoms with Gasteiger partial charge in [0, 0.05) is 34.5 Å². The van der Waals surface area contributed by atoms with E-state index in [0.29, 0.717) is 17.3 Å². The summed E-state index contributed by atoms with van der Waals surface area (Å²) in [5.41, 5.74) is 6.23. The highest BCUT2D eigenvalue weighted by Crippen LogP contribution is 2.37. The molecule has 1 aromatic heterocycles. The van der Waals surface area contributed by atoms with Gasteiger partial charge in [-0.3, -0.25) is 4.90 Å². The lowest BCUT2D eigenvalue weighted by Crippen LogP contribution is -2.50. The van der Waals surface area contributed by atoms with Crippen LogP contribution in [0.2, 0.25) is 4.34 Å². The highest BCUT2D eigenvalue weighted by Gasteiger charge is 2.34. The molecule has 0 spiro atoms. The molecule has 2 heterocycles. The van der Waals surface area contributed by atoms with Crippen molar-refractivity contribution >= 4 is 34.7 Å². The van der Waals surface area contributed by atoms with E-state index < -0.39 is 0 Å². The number of nitrogens with two attached hydrogens (primary N) is 1. The lowest BCUT2D eigenvalue weighted by atomic mass is 10.0. The maximum atomic E-state index is 6.23. The molecule has 18 heavy (non-hydrogen) atoms. The summed E-state index contributed by atoms with van der Waals surface area (Å²) in [6.07, 6.45) is 0. The Balaban J connectivity index is 2.24. The standard InChI is InChI=1S/C13H21ClN2S2/c1-8(15)13(11-4-5-12(14)18-11)16-6-7-17-10(3)9(16)2/h4-5,8-10,13H,6-7,15H2,1-3H3. The minimum absolute atomic E-state index is 0.123. The van der Waals surface area contributed by atoms with E-state index in [0.717, 1.165) is 10.9 Å². The van der Waals surface area contributed by atoms with Gasteiger partial charge in [-0.25, -0.2) is 0 Å². The van der Waals surface area contributed by atoms with Crippen LogP contribution in [0.25, 0.3) is 0 Å². The average Bonchev–Trinajstić information content (AvgIpc) is 2.71. The molecule has 0 saturated carbocycles. The number of nitrogens with zero attached hydrogens (tertiary/aromatic N) is 1. The summed E-state index contributed by atoms with van der Waals surface area (Å²) in [7, 11) is 0. The number of thiophene rings is 1. The topological polar surface area (TPSA) is 29.3 Å². The fourth-order valence-corrected chi connectivity index (χ4v) is 4.98. The molecule has 0 aliphatic carbocycles. The van der Waals surface area contributed by atoms with Crippen molar-refractivity contribution < 1.29 is 0 Å². The minimum Gasteiger partial charge on any atom is -0.326 e. The van der Waals surface area contributed by atoms with Crippen molar-refractivity contribution in [3.63, 3.8) is 0 Å². The van der Waals surface area contributed by atoms with E-state index in [1.165, 1.54) is 10.6 Å². The van der Waals surface area contributed by atoms with Crippen molar-refractivity contribution in [1.29, 1.82) is 0 Å². The molecule has 0 bridgehead atoms. The van der Waals surface area contributed by atoms with Crippen LogP contribution in [0.3, 0.4) is 0 Å². The van der Waals surface area contributed by atoms with Crippen LogP contribution in [0, 0.1) is 0 Å². The third-order valence-electron chi connectivity index (χ3n) is 3.67. The van der Waals surface area contributed by atoms with Crippen LogP contribution in [-0.2, 0) is 0 Å². The molecule has 102 valence electrons. The fourth-order valence-electron chi connectivity index (χ4n) is 2.56. The van der Waals surface area contributed by atoms with Crippen LogP contribution in [0.4, 0.5) is 0 Å². The van der Waals surface area contributed by atoms with Crippen LogP contribution in [0.15, 0.2) is 12.1 Å². The minimum atomic E-state index is 0.123. The summed E-state index contributed by atoms with van der Waals surface area (Å²) in [5.74, 6) is 1.19. The zero-order chi connectivity index (χ0) is 13.3. The van der Waals surface area contributed by atoms with E-state index in [4.69, 9.17) is 17.3 Å². The Hall–Kier alpha value is 0.260. The number of hydrogen-bond donors (Lipinski definition) is 1. The molecule has 1 aromatic rings. The van der Waals surface area contributed by atoms with E-state index in [1.54, 1.807) is 11.3 Å². The first-order valence-electron chi connectivity index (χ1n) is 6.39. The third-order valence-corrected chi connectivity index (χ3v) is 6.31. The first kappa shape index (κ1) is 14.7. The van der Waals surface area contributed by atoms with Crippen molar-refractivity contribution in [2.45, 2.75) is 44.1 Å². The van der Waals surface area contributed by atoms with Crippen molar-refractivity contribution in [2.75, 3.05) is 12.3 Å². The van der Waals surface area contributed by atoms with Crippen molar-refractivity contribution in [3.8, 4) is 0 Å². The van der Waals surface area contributed by atoms with Crippen molar-refractivity contribution in [1.82, 2.24) is 4.90 Å². The van der Waals surface area contributed by atoms with Gasteiger partial charge in [-0.05, 0) is 26.0 Å². The van der Waals surface area contributed by atoms with Gasteiger partial charge in [0.25, 0.3) is 0 Å². The molecule has 0 amide bonds. The second kappa shape index (κ2) is 6.14. The molecule has 1 aliphatic rings. The third kappa shape index (κ3) is 3.05. The molecule has 1 aliphatic heterocycles. The summed E-state index contributed by atoms with van der Waals surface area (Å²) in [5, 5.41) is 0.662. The summed E-state index contributed by atoms with van der Waals surface area (Å²) in [4.78, 5) is 3.84. The smallest absolute Gasteiger partial charge is 0.0931 e. The molecule has 0 aromatic carbocycles. The Labute approximate surface area is 123 Å². The van der Waals surface area contributed by atoms with Gasteiger partial charge in [0.2, 0.25) is 0 Å². The second-order valence-corrected chi connectivity index (χ2v) is 8.23. The number of rotatable bonds is 3. The lowest BCUT2D eigenvalue weighted by Gasteiger charge is -2.43. The van der Waals surface area contributed by atoms with Gasteiger partial charge in [-0.2, -0.15) is 11.8 Å². The predicted octanol–water partition coefficient (Wildman–Crippen LogP) is 3.62. The fraction of sp³-hybridized carbons (Fsp3) is 0.692. The Morgan fingerprint density at radius 2 is 2.17 bits per heavy atom. The summed E-state index contributed by atoms with van der Waals surface area (Å²) >= 11 is 9.78. The van der Waals surface area contributed by atoms with Gasteiger partial charge in [-0.1, -0.05) is 18.5 Å². The first-order valence-corrected chi connectivity index (χ1v) is 8.63. The number of halogens is 1. The highest BCUT2D eigenvalue weighted by atomic mass is 35.5. The molecule has 1 saturated heterocycles. The summed E-state index contributed by atoms with van der Waals surface area (Å²) in [6, 6.07) is 5.07. The van der Waals surface area contributed by atoms with Crippen LogP contribution < -0.4 is 5.73 Å². The maximum absolute atomic E-state index is 6.23. The number of thioether (sulfide) groups is 1. The summed E-state index contributed by atoms with van der Waals surface area (Å²) in [6.45, 7) is 7.82. The van der Waals surface area contributed by atoms with Gasteiger partial charge >= 0.3 is 0 Å². The van der Waals surface area contributed by atoms with Gasteiger partial charge in [0.05, 0.1) is 10.4 Å². The molecular formula is C13H21ClN2S2. The number of hydrogen-bond acceptors (Lipinski definition) is 4. The van der Waals surface area contributed by atoms with E-state index in [9.17, 15) is 0 Å². The van der Waals surface area contributed by atoms with Crippen LogP contribution in [0.1, 0.15) is 31.7 Å². The molecular weight excluding hydrogens is 284 g/mol. The Bertz CT molecular complexity index is 394. The van der Waals surface area contributed by atoms with E-state index >= 15 is 0 Å². The van der Waals surface area contributed by atoms with Crippen LogP contribution in [-0.4, -0.2) is 34.5 Å². The Morgan fingerprint density at radius 1 is 1.44 bits per heavy atom. The van der Waals surface area contributed by atoms with Crippen LogP contribution in [0.5, 0.6) is 0 Å². The zero-order valence-electron chi connectivity index (χ0n) is 11.1. The monoisotopic (exact) mass is 304 g/mol. The molecule has 2 rings (SSSR count). The molecule has 4 atom stereocenters. The Morgan fingerprint density at radius 3 is 2.72 bits per heavy atom. The second-order valence-electron chi connectivity index (χ2n) is 5.00. The van der Waals surface area contributed by atoms with E-state index in [-0.39, 0.29) is 6.04 Å². The highest BCUT2D eigenvalue weighted by molar-refractivity contribution is 8.00.